The number of nitrogens with one attached hydrogen (secondary N) is 1. The van der Waals surface area contributed by atoms with Crippen LogP contribution in [0.4, 0.5) is 11.4 Å². The van der Waals surface area contributed by atoms with E-state index in [1.54, 1.807) is 12.1 Å². The van der Waals surface area contributed by atoms with Gasteiger partial charge in [-0.25, -0.2) is 4.79 Å². The molecule has 1 N–H and O–H groups in total. The fourth-order valence-electron chi connectivity index (χ4n) is 2.78. The van der Waals surface area contributed by atoms with Crippen LogP contribution in [0.25, 0.3) is 11.0 Å². The average Bonchev–Trinajstić information content (AvgIpc) is 2.65. The van der Waals surface area contributed by atoms with Crippen molar-refractivity contribution in [2.45, 2.75) is 13.3 Å². The molecule has 1 amide bonds. The molecule has 1 aromatic heterocycles. The first-order valence-corrected chi connectivity index (χ1v) is 8.73. The van der Waals surface area contributed by atoms with Crippen LogP contribution < -0.4 is 20.6 Å². The third-order valence-corrected chi connectivity index (χ3v) is 4.22. The van der Waals surface area contributed by atoms with E-state index >= 15 is 0 Å². The zero-order valence-electron chi connectivity index (χ0n) is 15.6. The van der Waals surface area contributed by atoms with E-state index in [9.17, 15) is 9.59 Å². The molecular weight excluding hydrogens is 344 g/mol. The van der Waals surface area contributed by atoms with Gasteiger partial charge in [0.05, 0.1) is 0 Å². The SMILES string of the molecule is CCc1cc(=O)oc2cc(OCC(=O)Nc3ccc(N(C)C)cc3)ccc12. The molecule has 0 unspecified atom stereocenters. The summed E-state index contributed by atoms with van der Waals surface area (Å²) < 4.78 is 10.8. The summed E-state index contributed by atoms with van der Waals surface area (Å²) in [5.74, 6) is 0.202. The number of fused-ring (bicyclic) bond motifs is 1. The van der Waals surface area contributed by atoms with Gasteiger partial charge >= 0.3 is 5.63 Å². The summed E-state index contributed by atoms with van der Waals surface area (Å²) in [6, 6.07) is 14.3. The van der Waals surface area contributed by atoms with Gasteiger partial charge in [-0.2, -0.15) is 0 Å². The number of amides is 1. The van der Waals surface area contributed by atoms with Gasteiger partial charge in [-0.15, -0.1) is 0 Å². The molecule has 0 radical (unpaired) electrons. The van der Waals surface area contributed by atoms with Crippen LogP contribution in [0.3, 0.4) is 0 Å². The maximum atomic E-state index is 12.1. The van der Waals surface area contributed by atoms with Gasteiger partial charge in [-0.05, 0) is 48.4 Å². The van der Waals surface area contributed by atoms with Crippen LogP contribution in [0.5, 0.6) is 5.75 Å². The highest BCUT2D eigenvalue weighted by Gasteiger charge is 2.08. The van der Waals surface area contributed by atoms with Crippen LogP contribution in [0, 0.1) is 0 Å². The van der Waals surface area contributed by atoms with E-state index in [2.05, 4.69) is 5.32 Å². The smallest absolute Gasteiger partial charge is 0.336 e. The summed E-state index contributed by atoms with van der Waals surface area (Å²) >= 11 is 0. The van der Waals surface area contributed by atoms with Crippen molar-refractivity contribution in [1.29, 1.82) is 0 Å². The van der Waals surface area contributed by atoms with Crippen LogP contribution in [-0.2, 0) is 11.2 Å². The van der Waals surface area contributed by atoms with E-state index in [-0.39, 0.29) is 12.5 Å². The number of benzene rings is 2. The number of anilines is 2. The van der Waals surface area contributed by atoms with Gasteiger partial charge in [0.2, 0.25) is 0 Å². The van der Waals surface area contributed by atoms with Crippen molar-refractivity contribution in [1.82, 2.24) is 0 Å². The molecule has 3 rings (SSSR count). The largest absolute Gasteiger partial charge is 0.484 e. The van der Waals surface area contributed by atoms with E-state index < -0.39 is 5.63 Å². The van der Waals surface area contributed by atoms with Crippen LogP contribution in [0.1, 0.15) is 12.5 Å². The fraction of sp³-hybridized carbons (Fsp3) is 0.238. The first-order valence-electron chi connectivity index (χ1n) is 8.73. The number of hydrogen-bond acceptors (Lipinski definition) is 5. The monoisotopic (exact) mass is 366 g/mol. The number of aryl methyl sites for hydroxylation is 1. The number of nitrogens with zero attached hydrogens (tertiary/aromatic N) is 1. The van der Waals surface area contributed by atoms with Crippen LogP contribution in [-0.4, -0.2) is 26.6 Å². The number of hydrogen-bond donors (Lipinski definition) is 1. The standard InChI is InChI=1S/C21H22N2O4/c1-4-14-11-21(25)27-19-12-17(9-10-18(14)19)26-13-20(24)22-15-5-7-16(8-6-15)23(2)3/h5-12H,4,13H2,1-3H3,(H,22,24). The van der Waals surface area contributed by atoms with Crippen molar-refractivity contribution in [2.24, 2.45) is 0 Å². The zero-order chi connectivity index (χ0) is 19.4. The van der Waals surface area contributed by atoms with Crippen molar-refractivity contribution in [3.63, 3.8) is 0 Å². The maximum absolute atomic E-state index is 12.1. The summed E-state index contributed by atoms with van der Waals surface area (Å²) in [6.45, 7) is 1.84. The lowest BCUT2D eigenvalue weighted by Crippen LogP contribution is -2.20. The Labute approximate surface area is 157 Å². The number of ether oxygens (including phenoxy) is 1. The first-order chi connectivity index (χ1) is 13.0. The lowest BCUT2D eigenvalue weighted by Gasteiger charge is -2.13. The van der Waals surface area contributed by atoms with Crippen molar-refractivity contribution >= 4 is 28.3 Å². The molecule has 1 heterocycles. The molecule has 0 aliphatic rings. The van der Waals surface area contributed by atoms with E-state index in [0.717, 1.165) is 23.1 Å². The van der Waals surface area contributed by atoms with Gasteiger partial charge in [-0.3, -0.25) is 4.79 Å². The number of rotatable bonds is 6. The Hall–Kier alpha value is -3.28. The van der Waals surface area contributed by atoms with Crippen molar-refractivity contribution in [3.8, 4) is 5.75 Å². The van der Waals surface area contributed by atoms with E-state index in [1.807, 2.05) is 56.3 Å². The quantitative estimate of drug-likeness (QED) is 0.677. The molecule has 6 heteroatoms. The molecule has 0 aliphatic carbocycles. The highest BCUT2D eigenvalue weighted by molar-refractivity contribution is 5.92. The molecule has 6 nitrogen and oxygen atoms in total. The summed E-state index contributed by atoms with van der Waals surface area (Å²) in [6.07, 6.45) is 0.733. The minimum absolute atomic E-state index is 0.140. The number of carbonyl (C=O) groups is 1. The Morgan fingerprint density at radius 3 is 2.52 bits per heavy atom. The molecule has 0 aliphatic heterocycles. The molecule has 27 heavy (non-hydrogen) atoms. The molecular formula is C21H22N2O4. The predicted molar refractivity (Wildman–Crippen MR) is 107 cm³/mol. The van der Waals surface area contributed by atoms with Gasteiger partial charge in [-0.1, -0.05) is 6.92 Å². The molecule has 0 saturated heterocycles. The molecule has 140 valence electrons. The first kappa shape index (κ1) is 18.5. The summed E-state index contributed by atoms with van der Waals surface area (Å²) in [5, 5.41) is 3.66. The fourth-order valence-corrected chi connectivity index (χ4v) is 2.78. The number of carbonyl (C=O) groups excluding carboxylic acids is 1. The molecule has 2 aromatic carbocycles. The van der Waals surface area contributed by atoms with Crippen molar-refractivity contribution in [3.05, 3.63) is 64.5 Å². The van der Waals surface area contributed by atoms with Crippen LogP contribution in [0.15, 0.2) is 57.7 Å². The van der Waals surface area contributed by atoms with Gasteiger partial charge in [0.1, 0.15) is 11.3 Å². The van der Waals surface area contributed by atoms with Crippen molar-refractivity contribution < 1.29 is 13.9 Å². The Bertz CT molecular complexity index is 1010. The lowest BCUT2D eigenvalue weighted by atomic mass is 10.1. The summed E-state index contributed by atoms with van der Waals surface area (Å²) in [5.41, 5.74) is 2.73. The summed E-state index contributed by atoms with van der Waals surface area (Å²) in [7, 11) is 3.91. The molecule has 0 saturated carbocycles. The molecule has 0 atom stereocenters. The second-order valence-corrected chi connectivity index (χ2v) is 6.38. The van der Waals surface area contributed by atoms with Crippen LogP contribution in [0.2, 0.25) is 0 Å². The predicted octanol–water partition coefficient (Wildman–Crippen LogP) is 3.44. The Morgan fingerprint density at radius 2 is 1.85 bits per heavy atom. The second-order valence-electron chi connectivity index (χ2n) is 6.38. The highest BCUT2D eigenvalue weighted by Crippen LogP contribution is 2.23. The average molecular weight is 366 g/mol. The Morgan fingerprint density at radius 1 is 1.11 bits per heavy atom. The van der Waals surface area contributed by atoms with Crippen LogP contribution >= 0.6 is 0 Å². The highest BCUT2D eigenvalue weighted by atomic mass is 16.5. The molecule has 0 bridgehead atoms. The molecule has 0 spiro atoms. The second kappa shape index (κ2) is 7.95. The van der Waals surface area contributed by atoms with Crippen molar-refractivity contribution in [2.75, 3.05) is 30.9 Å². The van der Waals surface area contributed by atoms with E-state index in [4.69, 9.17) is 9.15 Å². The Kier molecular flexibility index (Phi) is 5.45. The Balaban J connectivity index is 1.65. The van der Waals surface area contributed by atoms with Gasteiger partial charge < -0.3 is 19.4 Å². The minimum Gasteiger partial charge on any atom is -0.484 e. The zero-order valence-corrected chi connectivity index (χ0v) is 15.6. The van der Waals surface area contributed by atoms with Gasteiger partial charge in [0, 0.05) is 43.0 Å². The van der Waals surface area contributed by atoms with E-state index in [1.165, 1.54) is 6.07 Å². The van der Waals surface area contributed by atoms with Gasteiger partial charge in [0.25, 0.3) is 5.91 Å². The third-order valence-electron chi connectivity index (χ3n) is 4.22. The lowest BCUT2D eigenvalue weighted by molar-refractivity contribution is -0.118. The van der Waals surface area contributed by atoms with Gasteiger partial charge in [0.15, 0.2) is 6.61 Å². The minimum atomic E-state index is -0.393. The molecule has 0 fully saturated rings. The third kappa shape index (κ3) is 4.47. The molecule has 3 aromatic rings. The maximum Gasteiger partial charge on any atom is 0.336 e. The normalized spacial score (nSPS) is 10.6. The van der Waals surface area contributed by atoms with E-state index in [0.29, 0.717) is 17.0 Å². The topological polar surface area (TPSA) is 71.8 Å². The summed E-state index contributed by atoms with van der Waals surface area (Å²) in [4.78, 5) is 25.7.